The number of rotatable bonds is 6. The topological polar surface area (TPSA) is 58.4 Å². The highest BCUT2D eigenvalue weighted by atomic mass is 32.1. The summed E-state index contributed by atoms with van der Waals surface area (Å²) in [6, 6.07) is 8.10. The van der Waals surface area contributed by atoms with Gasteiger partial charge in [0.25, 0.3) is 5.56 Å². The number of thiophene rings is 1. The van der Waals surface area contributed by atoms with Crippen LogP contribution in [0.4, 0.5) is 5.69 Å². The van der Waals surface area contributed by atoms with Crippen LogP contribution < -0.4 is 10.5 Å². The van der Waals surface area contributed by atoms with E-state index in [4.69, 9.17) is 4.98 Å². The van der Waals surface area contributed by atoms with E-state index in [1.165, 1.54) is 5.56 Å². The maximum absolute atomic E-state index is 13.6. The van der Waals surface area contributed by atoms with Crippen LogP contribution in [0.2, 0.25) is 0 Å². The van der Waals surface area contributed by atoms with Crippen LogP contribution in [-0.2, 0) is 24.3 Å². The molecule has 0 aliphatic carbocycles. The Kier molecular flexibility index (Phi) is 5.99. The predicted octanol–water partition coefficient (Wildman–Crippen LogP) is 3.89. The first-order valence-corrected chi connectivity index (χ1v) is 11.8. The van der Waals surface area contributed by atoms with Crippen molar-refractivity contribution in [2.75, 3.05) is 18.0 Å². The number of para-hydroxylation sites is 1. The SMILES string of the molecule is CCN(CC)Cc1nc2sc(C)c(C)c2c(=O)n1CC(=O)N1c2ccccc2CC1C. The zero-order valence-corrected chi connectivity index (χ0v) is 19.8. The zero-order valence-electron chi connectivity index (χ0n) is 18.9. The molecule has 0 fully saturated rings. The average Bonchev–Trinajstić information content (AvgIpc) is 3.23. The van der Waals surface area contributed by atoms with Crippen molar-refractivity contribution < 1.29 is 4.79 Å². The molecule has 1 aliphatic rings. The van der Waals surface area contributed by atoms with Crippen LogP contribution in [0.25, 0.3) is 10.2 Å². The van der Waals surface area contributed by atoms with Crippen LogP contribution in [0.15, 0.2) is 29.1 Å². The Bertz CT molecular complexity index is 1190. The number of amides is 1. The highest BCUT2D eigenvalue weighted by molar-refractivity contribution is 7.18. The van der Waals surface area contributed by atoms with Crippen LogP contribution in [0.1, 0.15) is 42.6 Å². The molecule has 6 nitrogen and oxygen atoms in total. The number of hydrogen-bond acceptors (Lipinski definition) is 5. The summed E-state index contributed by atoms with van der Waals surface area (Å²) in [6.45, 7) is 12.5. The largest absolute Gasteiger partial charge is 0.307 e. The van der Waals surface area contributed by atoms with Gasteiger partial charge < -0.3 is 4.90 Å². The minimum absolute atomic E-state index is 0.00534. The van der Waals surface area contributed by atoms with Gasteiger partial charge in [-0.1, -0.05) is 32.0 Å². The lowest BCUT2D eigenvalue weighted by Gasteiger charge is -2.25. The van der Waals surface area contributed by atoms with Crippen molar-refractivity contribution in [2.24, 2.45) is 0 Å². The minimum Gasteiger partial charge on any atom is -0.307 e. The zero-order chi connectivity index (χ0) is 22.3. The van der Waals surface area contributed by atoms with E-state index in [1.807, 2.05) is 36.9 Å². The molecule has 0 saturated carbocycles. The van der Waals surface area contributed by atoms with Gasteiger partial charge in [-0.25, -0.2) is 4.98 Å². The predicted molar refractivity (Wildman–Crippen MR) is 127 cm³/mol. The summed E-state index contributed by atoms with van der Waals surface area (Å²) in [5.74, 6) is 0.599. The Hall–Kier alpha value is -2.51. The second-order valence-electron chi connectivity index (χ2n) is 8.29. The van der Waals surface area contributed by atoms with Gasteiger partial charge in [-0.3, -0.25) is 19.1 Å². The van der Waals surface area contributed by atoms with Crippen LogP contribution >= 0.6 is 11.3 Å². The molecule has 1 amide bonds. The molecule has 1 aromatic carbocycles. The molecule has 4 rings (SSSR count). The molecule has 0 spiro atoms. The number of aromatic nitrogens is 2. The average molecular weight is 439 g/mol. The summed E-state index contributed by atoms with van der Waals surface area (Å²) in [5.41, 5.74) is 2.99. The van der Waals surface area contributed by atoms with Gasteiger partial charge in [0, 0.05) is 16.6 Å². The van der Waals surface area contributed by atoms with E-state index < -0.39 is 0 Å². The molecule has 31 heavy (non-hydrogen) atoms. The second kappa shape index (κ2) is 8.55. The van der Waals surface area contributed by atoms with Crippen LogP contribution in [0.3, 0.4) is 0 Å². The Morgan fingerprint density at radius 2 is 1.94 bits per heavy atom. The smallest absolute Gasteiger partial charge is 0.263 e. The molecule has 0 bridgehead atoms. The van der Waals surface area contributed by atoms with Crippen molar-refractivity contribution in [1.82, 2.24) is 14.5 Å². The van der Waals surface area contributed by atoms with E-state index in [0.29, 0.717) is 17.8 Å². The summed E-state index contributed by atoms with van der Waals surface area (Å²) >= 11 is 1.56. The summed E-state index contributed by atoms with van der Waals surface area (Å²) in [4.78, 5) is 37.8. The molecule has 1 atom stereocenters. The van der Waals surface area contributed by atoms with Gasteiger partial charge in [0.05, 0.1) is 11.9 Å². The van der Waals surface area contributed by atoms with Crippen molar-refractivity contribution in [3.8, 4) is 0 Å². The number of hydrogen-bond donors (Lipinski definition) is 0. The number of carbonyl (C=O) groups is 1. The number of benzene rings is 1. The standard InChI is InChI=1S/C24H30N4O2S/c1-6-26(7-2)13-20-25-23-22(16(4)17(5)31-23)24(30)27(20)14-21(29)28-15(3)12-18-10-8-9-11-19(18)28/h8-11,15H,6-7,12-14H2,1-5H3. The Balaban J connectivity index is 1.78. The maximum Gasteiger partial charge on any atom is 0.263 e. The van der Waals surface area contributed by atoms with Crippen LogP contribution in [0.5, 0.6) is 0 Å². The number of fused-ring (bicyclic) bond motifs is 2. The Morgan fingerprint density at radius 3 is 2.65 bits per heavy atom. The highest BCUT2D eigenvalue weighted by Crippen LogP contribution is 2.32. The van der Waals surface area contributed by atoms with E-state index >= 15 is 0 Å². The highest BCUT2D eigenvalue weighted by Gasteiger charge is 2.31. The Morgan fingerprint density at radius 1 is 1.23 bits per heavy atom. The fraction of sp³-hybridized carbons (Fsp3) is 0.458. The fourth-order valence-electron chi connectivity index (χ4n) is 4.46. The molecule has 7 heteroatoms. The van der Waals surface area contributed by atoms with Gasteiger partial charge in [-0.2, -0.15) is 0 Å². The molecule has 164 valence electrons. The van der Waals surface area contributed by atoms with Gasteiger partial charge in [0.15, 0.2) is 0 Å². The molecule has 1 aliphatic heterocycles. The molecule has 3 aromatic rings. The summed E-state index contributed by atoms with van der Waals surface area (Å²) in [5, 5.41) is 0.647. The van der Waals surface area contributed by atoms with Crippen molar-refractivity contribution >= 4 is 33.1 Å². The number of nitrogens with zero attached hydrogens (tertiary/aromatic N) is 4. The molecule has 0 radical (unpaired) electrons. The molecular formula is C24H30N4O2S. The van der Waals surface area contributed by atoms with Gasteiger partial charge in [0.1, 0.15) is 17.2 Å². The third-order valence-corrected chi connectivity index (χ3v) is 7.50. The van der Waals surface area contributed by atoms with E-state index in [0.717, 1.165) is 40.5 Å². The van der Waals surface area contributed by atoms with E-state index in [9.17, 15) is 9.59 Å². The fourth-order valence-corrected chi connectivity index (χ4v) is 5.50. The number of carbonyl (C=O) groups excluding carboxylic acids is 1. The summed E-state index contributed by atoms with van der Waals surface area (Å²) < 4.78 is 1.61. The van der Waals surface area contributed by atoms with Crippen molar-refractivity contribution in [2.45, 2.75) is 60.2 Å². The molecule has 0 saturated heterocycles. The lowest BCUT2D eigenvalue weighted by atomic mass is 10.1. The number of aryl methyl sites for hydroxylation is 2. The molecule has 1 unspecified atom stereocenters. The van der Waals surface area contributed by atoms with Gasteiger partial charge in [-0.15, -0.1) is 11.3 Å². The van der Waals surface area contributed by atoms with E-state index in [2.05, 4.69) is 31.7 Å². The van der Waals surface area contributed by atoms with Crippen molar-refractivity contribution in [1.29, 1.82) is 0 Å². The lowest BCUT2D eigenvalue weighted by Crippen LogP contribution is -2.41. The van der Waals surface area contributed by atoms with Crippen molar-refractivity contribution in [3.05, 3.63) is 56.4 Å². The van der Waals surface area contributed by atoms with Gasteiger partial charge in [-0.05, 0) is 57.5 Å². The van der Waals surface area contributed by atoms with Crippen LogP contribution in [-0.4, -0.2) is 39.5 Å². The first-order chi connectivity index (χ1) is 14.8. The third-order valence-electron chi connectivity index (χ3n) is 6.40. The van der Waals surface area contributed by atoms with E-state index in [-0.39, 0.29) is 24.1 Å². The molecule has 0 N–H and O–H groups in total. The molecular weight excluding hydrogens is 408 g/mol. The van der Waals surface area contributed by atoms with E-state index in [1.54, 1.807) is 15.9 Å². The van der Waals surface area contributed by atoms with Gasteiger partial charge >= 0.3 is 0 Å². The maximum atomic E-state index is 13.6. The van der Waals surface area contributed by atoms with Crippen molar-refractivity contribution in [3.63, 3.8) is 0 Å². The number of anilines is 1. The first-order valence-electron chi connectivity index (χ1n) is 11.0. The quantitative estimate of drug-likeness (QED) is 0.586. The normalized spacial score (nSPS) is 15.8. The monoisotopic (exact) mass is 438 g/mol. The third kappa shape index (κ3) is 3.81. The minimum atomic E-state index is -0.109. The van der Waals surface area contributed by atoms with Crippen LogP contribution in [0, 0.1) is 13.8 Å². The summed E-state index contributed by atoms with van der Waals surface area (Å²) in [7, 11) is 0. The lowest BCUT2D eigenvalue weighted by molar-refractivity contribution is -0.119. The summed E-state index contributed by atoms with van der Waals surface area (Å²) in [6.07, 6.45) is 0.837. The Labute approximate surface area is 187 Å². The second-order valence-corrected chi connectivity index (χ2v) is 9.49. The first kappa shape index (κ1) is 21.7. The molecule has 2 aromatic heterocycles. The van der Waals surface area contributed by atoms with Gasteiger partial charge in [0.2, 0.25) is 5.91 Å². The molecule has 3 heterocycles.